The summed E-state index contributed by atoms with van der Waals surface area (Å²) in [6.07, 6.45) is 2.33. The van der Waals surface area contributed by atoms with Crippen molar-refractivity contribution in [3.8, 4) is 0 Å². The number of aliphatic carboxylic acids is 1. The normalized spacial score (nSPS) is 20.4. The molecule has 1 fully saturated rings. The lowest BCUT2D eigenvalue weighted by atomic mass is 10.0. The lowest BCUT2D eigenvalue weighted by molar-refractivity contribution is -0.139. The summed E-state index contributed by atoms with van der Waals surface area (Å²) < 4.78 is 0. The number of carbonyl (C=O) groups is 1. The number of anilines is 1. The molecule has 8 heteroatoms. The van der Waals surface area contributed by atoms with Crippen LogP contribution in [0.15, 0.2) is 0 Å². The zero-order valence-corrected chi connectivity index (χ0v) is 10.3. The van der Waals surface area contributed by atoms with Gasteiger partial charge in [0.1, 0.15) is 6.04 Å². The summed E-state index contributed by atoms with van der Waals surface area (Å²) >= 11 is 11.4. The Morgan fingerprint density at radius 3 is 2.47 bits per heavy atom. The van der Waals surface area contributed by atoms with Crippen molar-refractivity contribution >= 4 is 35.1 Å². The van der Waals surface area contributed by atoms with E-state index in [4.69, 9.17) is 28.3 Å². The zero-order chi connectivity index (χ0) is 12.4. The minimum Gasteiger partial charge on any atom is -0.480 e. The van der Waals surface area contributed by atoms with Gasteiger partial charge in [-0.2, -0.15) is 15.0 Å². The van der Waals surface area contributed by atoms with Gasteiger partial charge in [-0.3, -0.25) is 0 Å². The maximum Gasteiger partial charge on any atom is 0.326 e. The molecule has 0 spiro atoms. The van der Waals surface area contributed by atoms with Crippen LogP contribution in [0.3, 0.4) is 0 Å². The third-order valence-electron chi connectivity index (χ3n) is 2.61. The van der Waals surface area contributed by atoms with Crippen molar-refractivity contribution in [2.75, 3.05) is 11.4 Å². The largest absolute Gasteiger partial charge is 0.480 e. The predicted molar refractivity (Wildman–Crippen MR) is 62.5 cm³/mol. The fourth-order valence-electron chi connectivity index (χ4n) is 1.87. The van der Waals surface area contributed by atoms with E-state index in [9.17, 15) is 4.79 Å². The molecule has 0 radical (unpaired) electrons. The van der Waals surface area contributed by atoms with E-state index in [1.54, 1.807) is 4.90 Å². The smallest absolute Gasteiger partial charge is 0.326 e. The first-order valence-electron chi connectivity index (χ1n) is 5.14. The molecule has 2 heterocycles. The highest BCUT2D eigenvalue weighted by atomic mass is 35.5. The van der Waals surface area contributed by atoms with Crippen LogP contribution in [0.4, 0.5) is 5.95 Å². The summed E-state index contributed by atoms with van der Waals surface area (Å²) in [7, 11) is 0. The highest BCUT2D eigenvalue weighted by Crippen LogP contribution is 2.23. The van der Waals surface area contributed by atoms with Gasteiger partial charge in [-0.15, -0.1) is 0 Å². The Bertz CT molecular complexity index is 423. The number of hydrogen-bond acceptors (Lipinski definition) is 5. The van der Waals surface area contributed by atoms with Crippen molar-refractivity contribution in [2.24, 2.45) is 0 Å². The number of aromatic nitrogens is 3. The highest BCUT2D eigenvalue weighted by molar-refractivity contribution is 6.31. The van der Waals surface area contributed by atoms with Crippen molar-refractivity contribution in [3.05, 3.63) is 10.6 Å². The number of hydrogen-bond donors (Lipinski definition) is 1. The fourth-order valence-corrected chi connectivity index (χ4v) is 2.23. The van der Waals surface area contributed by atoms with Crippen LogP contribution in [0.2, 0.25) is 10.6 Å². The summed E-state index contributed by atoms with van der Waals surface area (Å²) in [5.41, 5.74) is 0. The number of nitrogens with zero attached hydrogens (tertiary/aromatic N) is 4. The molecule has 92 valence electrons. The maximum absolute atomic E-state index is 11.1. The van der Waals surface area contributed by atoms with Gasteiger partial charge in [0.05, 0.1) is 0 Å². The quantitative estimate of drug-likeness (QED) is 0.884. The van der Waals surface area contributed by atoms with Gasteiger partial charge in [0.2, 0.25) is 16.5 Å². The van der Waals surface area contributed by atoms with E-state index >= 15 is 0 Å². The molecular formula is C9H10Cl2N4O2. The Morgan fingerprint density at radius 2 is 1.88 bits per heavy atom. The van der Waals surface area contributed by atoms with Gasteiger partial charge in [-0.25, -0.2) is 4.79 Å². The molecule has 0 bridgehead atoms. The fraction of sp³-hybridized carbons (Fsp3) is 0.556. The van der Waals surface area contributed by atoms with Crippen LogP contribution in [0.5, 0.6) is 0 Å². The van der Waals surface area contributed by atoms with Gasteiger partial charge in [-0.05, 0) is 42.5 Å². The van der Waals surface area contributed by atoms with E-state index in [-0.39, 0.29) is 16.5 Å². The van der Waals surface area contributed by atoms with E-state index in [2.05, 4.69) is 15.0 Å². The number of carboxylic acids is 1. The zero-order valence-electron chi connectivity index (χ0n) is 8.81. The topological polar surface area (TPSA) is 79.2 Å². The van der Waals surface area contributed by atoms with E-state index in [0.29, 0.717) is 13.0 Å². The molecule has 1 aromatic rings. The Hall–Kier alpha value is -1.14. The van der Waals surface area contributed by atoms with Gasteiger partial charge < -0.3 is 10.0 Å². The van der Waals surface area contributed by atoms with Crippen LogP contribution in [0.25, 0.3) is 0 Å². The van der Waals surface area contributed by atoms with Gasteiger partial charge in [0.15, 0.2) is 0 Å². The summed E-state index contributed by atoms with van der Waals surface area (Å²) in [4.78, 5) is 24.2. The van der Waals surface area contributed by atoms with Crippen molar-refractivity contribution in [2.45, 2.75) is 25.3 Å². The van der Waals surface area contributed by atoms with Crippen LogP contribution in [-0.4, -0.2) is 38.6 Å². The number of halogens is 2. The third kappa shape index (κ3) is 2.76. The predicted octanol–water partition coefficient (Wildman–Crippen LogP) is 1.62. The number of piperidine rings is 1. The van der Waals surface area contributed by atoms with E-state index in [1.807, 2.05) is 0 Å². The standard InChI is InChI=1S/C9H10Cl2N4O2/c10-7-12-8(11)14-9(13-7)15-4-2-1-3-5(15)6(16)17/h5H,1-4H2,(H,16,17). The third-order valence-corrected chi connectivity index (χ3v) is 2.95. The molecule has 1 aliphatic rings. The van der Waals surface area contributed by atoms with Crippen LogP contribution in [0, 0.1) is 0 Å². The first-order valence-corrected chi connectivity index (χ1v) is 5.90. The molecule has 17 heavy (non-hydrogen) atoms. The second kappa shape index (κ2) is 5.01. The summed E-state index contributed by atoms with van der Waals surface area (Å²) in [6, 6.07) is -0.627. The summed E-state index contributed by atoms with van der Waals surface area (Å²) in [6.45, 7) is 0.577. The molecule has 6 nitrogen and oxygen atoms in total. The monoisotopic (exact) mass is 276 g/mol. The van der Waals surface area contributed by atoms with E-state index < -0.39 is 12.0 Å². The molecule has 1 N–H and O–H groups in total. The van der Waals surface area contributed by atoms with Crippen LogP contribution < -0.4 is 4.90 Å². The second-order valence-electron chi connectivity index (χ2n) is 3.72. The molecule has 1 aromatic heterocycles. The molecule has 1 atom stereocenters. The average Bonchev–Trinajstić information content (AvgIpc) is 2.27. The highest BCUT2D eigenvalue weighted by Gasteiger charge is 2.30. The minimum absolute atomic E-state index is 0.0327. The first-order chi connectivity index (χ1) is 8.08. The minimum atomic E-state index is -0.891. The number of carboxylic acid groups (broad SMARTS) is 1. The van der Waals surface area contributed by atoms with Crippen molar-refractivity contribution in [1.82, 2.24) is 15.0 Å². The Kier molecular flexibility index (Phi) is 3.63. The second-order valence-corrected chi connectivity index (χ2v) is 4.39. The first kappa shape index (κ1) is 12.3. The summed E-state index contributed by atoms with van der Waals surface area (Å²) in [5.74, 6) is -0.667. The number of rotatable bonds is 2. The van der Waals surface area contributed by atoms with Crippen LogP contribution in [0.1, 0.15) is 19.3 Å². The van der Waals surface area contributed by atoms with Gasteiger partial charge in [-0.1, -0.05) is 0 Å². The molecule has 1 saturated heterocycles. The lowest BCUT2D eigenvalue weighted by Gasteiger charge is -2.32. The maximum atomic E-state index is 11.1. The van der Waals surface area contributed by atoms with Crippen molar-refractivity contribution < 1.29 is 9.90 Å². The van der Waals surface area contributed by atoms with E-state index in [0.717, 1.165) is 12.8 Å². The lowest BCUT2D eigenvalue weighted by Crippen LogP contribution is -2.45. The molecule has 0 saturated carbocycles. The molecule has 2 rings (SSSR count). The van der Waals surface area contributed by atoms with Crippen molar-refractivity contribution in [1.29, 1.82) is 0 Å². The molecule has 1 unspecified atom stereocenters. The molecular weight excluding hydrogens is 267 g/mol. The van der Waals surface area contributed by atoms with E-state index in [1.165, 1.54) is 0 Å². The van der Waals surface area contributed by atoms with Crippen molar-refractivity contribution in [3.63, 3.8) is 0 Å². The average molecular weight is 277 g/mol. The van der Waals surface area contributed by atoms with Crippen LogP contribution >= 0.6 is 23.2 Å². The Labute approximate surface area is 108 Å². The SMILES string of the molecule is O=C(O)C1CCCCN1c1nc(Cl)nc(Cl)n1. The van der Waals surface area contributed by atoms with Gasteiger partial charge in [0.25, 0.3) is 0 Å². The Balaban J connectivity index is 2.32. The molecule has 1 aliphatic heterocycles. The Morgan fingerprint density at radius 1 is 1.24 bits per heavy atom. The van der Waals surface area contributed by atoms with Gasteiger partial charge in [0, 0.05) is 6.54 Å². The van der Waals surface area contributed by atoms with Crippen LogP contribution in [-0.2, 0) is 4.79 Å². The summed E-state index contributed by atoms with van der Waals surface area (Å²) in [5, 5.41) is 9.06. The molecule has 0 aromatic carbocycles. The molecule has 0 aliphatic carbocycles. The van der Waals surface area contributed by atoms with Gasteiger partial charge >= 0.3 is 5.97 Å². The molecule has 0 amide bonds.